The quantitative estimate of drug-likeness (QED) is 0.904. The highest BCUT2D eigenvalue weighted by atomic mass is 35.5. The molecule has 0 spiro atoms. The highest BCUT2D eigenvalue weighted by Crippen LogP contribution is 2.26. The molecular formula is C12H16Cl2N2O2. The number of nitrogens with two attached hydrogens (primary N) is 1. The Bertz CT molecular complexity index is 427. The summed E-state index contributed by atoms with van der Waals surface area (Å²) in [6.07, 6.45) is 0. The first kappa shape index (κ1) is 15.1. The summed E-state index contributed by atoms with van der Waals surface area (Å²) < 4.78 is 5.34. The van der Waals surface area contributed by atoms with E-state index in [4.69, 9.17) is 33.7 Å². The molecular weight excluding hydrogens is 275 g/mol. The summed E-state index contributed by atoms with van der Waals surface area (Å²) in [5.41, 5.74) is 5.49. The van der Waals surface area contributed by atoms with Crippen LogP contribution in [0.1, 0.15) is 6.92 Å². The molecule has 18 heavy (non-hydrogen) atoms. The number of nitrogens with zero attached hydrogens (tertiary/aromatic N) is 1. The van der Waals surface area contributed by atoms with Crippen molar-refractivity contribution in [1.82, 2.24) is 4.90 Å². The summed E-state index contributed by atoms with van der Waals surface area (Å²) >= 11 is 11.6. The predicted molar refractivity (Wildman–Crippen MR) is 73.2 cm³/mol. The van der Waals surface area contributed by atoms with Crippen molar-refractivity contribution >= 4 is 29.1 Å². The van der Waals surface area contributed by atoms with E-state index in [0.717, 1.165) is 0 Å². The van der Waals surface area contributed by atoms with Crippen LogP contribution >= 0.6 is 23.2 Å². The van der Waals surface area contributed by atoms with Crippen LogP contribution < -0.4 is 10.5 Å². The van der Waals surface area contributed by atoms with E-state index in [9.17, 15) is 4.79 Å². The number of hydrogen-bond donors (Lipinski definition) is 1. The Morgan fingerprint density at radius 1 is 1.44 bits per heavy atom. The Hall–Kier alpha value is -0.970. The van der Waals surface area contributed by atoms with Crippen LogP contribution in [0.4, 0.5) is 0 Å². The topological polar surface area (TPSA) is 55.6 Å². The van der Waals surface area contributed by atoms with Gasteiger partial charge < -0.3 is 15.4 Å². The van der Waals surface area contributed by atoms with E-state index in [1.807, 2.05) is 6.92 Å². The number of ether oxygens (including phenoxy) is 1. The number of hydrogen-bond acceptors (Lipinski definition) is 3. The zero-order chi connectivity index (χ0) is 13.7. The second-order valence-corrected chi connectivity index (χ2v) is 4.77. The second-order valence-electron chi connectivity index (χ2n) is 3.95. The van der Waals surface area contributed by atoms with Gasteiger partial charge >= 0.3 is 0 Å². The van der Waals surface area contributed by atoms with Gasteiger partial charge in [0.1, 0.15) is 5.75 Å². The lowest BCUT2D eigenvalue weighted by Crippen LogP contribution is -2.42. The molecule has 1 aromatic rings. The van der Waals surface area contributed by atoms with Crippen molar-refractivity contribution in [3.63, 3.8) is 0 Å². The van der Waals surface area contributed by atoms with Gasteiger partial charge in [-0.2, -0.15) is 0 Å². The lowest BCUT2D eigenvalue weighted by atomic mass is 10.3. The number of likely N-dealkylation sites (N-methyl/N-ethyl adjacent to an activating group) is 1. The van der Waals surface area contributed by atoms with E-state index >= 15 is 0 Å². The number of carbonyl (C=O) groups is 1. The molecule has 100 valence electrons. The maximum atomic E-state index is 11.8. The second kappa shape index (κ2) is 6.83. The van der Waals surface area contributed by atoms with E-state index in [1.165, 1.54) is 0 Å². The zero-order valence-electron chi connectivity index (χ0n) is 10.3. The van der Waals surface area contributed by atoms with Crippen LogP contribution in [0.5, 0.6) is 5.75 Å². The van der Waals surface area contributed by atoms with Gasteiger partial charge in [-0.1, -0.05) is 23.2 Å². The van der Waals surface area contributed by atoms with Gasteiger partial charge in [-0.15, -0.1) is 0 Å². The number of amides is 1. The fourth-order valence-electron chi connectivity index (χ4n) is 1.22. The van der Waals surface area contributed by atoms with Crippen LogP contribution in [0.3, 0.4) is 0 Å². The predicted octanol–water partition coefficient (Wildman–Crippen LogP) is 2.18. The molecule has 0 saturated heterocycles. The Balaban J connectivity index is 2.54. The fourth-order valence-corrected chi connectivity index (χ4v) is 1.51. The number of carbonyl (C=O) groups excluding carboxylic acids is 1. The number of benzene rings is 1. The maximum Gasteiger partial charge on any atom is 0.260 e. The van der Waals surface area contributed by atoms with Gasteiger partial charge in [0.05, 0.1) is 10.0 Å². The third-order valence-corrected chi connectivity index (χ3v) is 3.39. The summed E-state index contributed by atoms with van der Waals surface area (Å²) in [4.78, 5) is 13.3. The first-order chi connectivity index (χ1) is 8.45. The Labute approximate surface area is 117 Å². The average molecular weight is 291 g/mol. The molecule has 0 fully saturated rings. The molecule has 0 aliphatic rings. The Morgan fingerprint density at radius 3 is 2.67 bits per heavy atom. The van der Waals surface area contributed by atoms with Crippen molar-refractivity contribution in [3.8, 4) is 5.75 Å². The molecule has 1 atom stereocenters. The van der Waals surface area contributed by atoms with Crippen LogP contribution in [0.15, 0.2) is 18.2 Å². The summed E-state index contributed by atoms with van der Waals surface area (Å²) in [5.74, 6) is 0.366. The summed E-state index contributed by atoms with van der Waals surface area (Å²) in [6.45, 7) is 2.23. The van der Waals surface area contributed by atoms with E-state index in [0.29, 0.717) is 22.3 Å². The number of rotatable bonds is 5. The average Bonchev–Trinajstić information content (AvgIpc) is 2.37. The van der Waals surface area contributed by atoms with Crippen molar-refractivity contribution in [3.05, 3.63) is 28.2 Å². The number of halogens is 2. The van der Waals surface area contributed by atoms with Crippen molar-refractivity contribution in [2.75, 3.05) is 20.2 Å². The van der Waals surface area contributed by atoms with Crippen LogP contribution in [-0.4, -0.2) is 37.0 Å². The Kier molecular flexibility index (Phi) is 5.72. The third-order valence-electron chi connectivity index (χ3n) is 2.65. The molecule has 1 unspecified atom stereocenters. The molecule has 0 aliphatic heterocycles. The molecule has 0 bridgehead atoms. The highest BCUT2D eigenvalue weighted by Gasteiger charge is 2.14. The fraction of sp³-hybridized carbons (Fsp3) is 0.417. The summed E-state index contributed by atoms with van der Waals surface area (Å²) in [6, 6.07) is 4.84. The molecule has 0 aromatic heterocycles. The third kappa shape index (κ3) is 4.05. The first-order valence-electron chi connectivity index (χ1n) is 5.49. The molecule has 4 nitrogen and oxygen atoms in total. The Morgan fingerprint density at radius 2 is 2.11 bits per heavy atom. The van der Waals surface area contributed by atoms with Crippen LogP contribution in [0.2, 0.25) is 10.0 Å². The molecule has 0 aliphatic carbocycles. The van der Waals surface area contributed by atoms with E-state index in [2.05, 4.69) is 0 Å². The van der Waals surface area contributed by atoms with Gasteiger partial charge in [0.2, 0.25) is 0 Å². The smallest absolute Gasteiger partial charge is 0.260 e. The molecule has 1 amide bonds. The summed E-state index contributed by atoms with van der Waals surface area (Å²) in [5, 5.41) is 0.842. The largest absolute Gasteiger partial charge is 0.484 e. The lowest BCUT2D eigenvalue weighted by Gasteiger charge is -2.23. The van der Waals surface area contributed by atoms with Gasteiger partial charge in [0, 0.05) is 25.7 Å². The molecule has 2 N–H and O–H groups in total. The van der Waals surface area contributed by atoms with Gasteiger partial charge in [-0.25, -0.2) is 0 Å². The maximum absolute atomic E-state index is 11.8. The van der Waals surface area contributed by atoms with Crippen LogP contribution in [-0.2, 0) is 4.79 Å². The molecule has 0 saturated carbocycles. The SMILES string of the molecule is CC(CN)N(C)C(=O)COc1ccc(Cl)c(Cl)c1. The minimum atomic E-state index is -0.140. The summed E-state index contributed by atoms with van der Waals surface area (Å²) in [7, 11) is 1.69. The van der Waals surface area contributed by atoms with Gasteiger partial charge in [0.15, 0.2) is 6.61 Å². The highest BCUT2D eigenvalue weighted by molar-refractivity contribution is 6.42. The van der Waals surface area contributed by atoms with E-state index in [1.54, 1.807) is 30.1 Å². The van der Waals surface area contributed by atoms with Crippen LogP contribution in [0, 0.1) is 0 Å². The van der Waals surface area contributed by atoms with E-state index in [-0.39, 0.29) is 18.6 Å². The van der Waals surface area contributed by atoms with E-state index < -0.39 is 0 Å². The van der Waals surface area contributed by atoms with Crippen molar-refractivity contribution in [2.45, 2.75) is 13.0 Å². The van der Waals surface area contributed by atoms with Crippen molar-refractivity contribution in [2.24, 2.45) is 5.73 Å². The van der Waals surface area contributed by atoms with Gasteiger partial charge in [-0.05, 0) is 19.1 Å². The molecule has 0 heterocycles. The molecule has 0 radical (unpaired) electrons. The van der Waals surface area contributed by atoms with Gasteiger partial charge in [-0.3, -0.25) is 4.79 Å². The van der Waals surface area contributed by atoms with Crippen LogP contribution in [0.25, 0.3) is 0 Å². The monoisotopic (exact) mass is 290 g/mol. The molecule has 1 rings (SSSR count). The first-order valence-corrected chi connectivity index (χ1v) is 6.25. The minimum Gasteiger partial charge on any atom is -0.484 e. The molecule has 1 aromatic carbocycles. The van der Waals surface area contributed by atoms with Crippen molar-refractivity contribution in [1.29, 1.82) is 0 Å². The zero-order valence-corrected chi connectivity index (χ0v) is 11.8. The van der Waals surface area contributed by atoms with Crippen molar-refractivity contribution < 1.29 is 9.53 Å². The standard InChI is InChI=1S/C12H16Cl2N2O2/c1-8(6-15)16(2)12(17)7-18-9-3-4-10(13)11(14)5-9/h3-5,8H,6-7,15H2,1-2H3. The molecule has 6 heteroatoms. The van der Waals surface area contributed by atoms with Gasteiger partial charge in [0.25, 0.3) is 5.91 Å². The minimum absolute atomic E-state index is 0.0186. The normalized spacial score (nSPS) is 12.1. The lowest BCUT2D eigenvalue weighted by molar-refractivity contribution is -0.133.